The number of carboxylic acid groups (broad SMARTS) is 1. The first-order valence-electron chi connectivity index (χ1n) is 10.7. The summed E-state index contributed by atoms with van der Waals surface area (Å²) >= 11 is 1.57. The molecule has 1 aliphatic carbocycles. The van der Waals surface area contributed by atoms with Crippen LogP contribution in [0, 0.1) is 0 Å². The van der Waals surface area contributed by atoms with Gasteiger partial charge in [-0.25, -0.2) is 9.59 Å². The summed E-state index contributed by atoms with van der Waals surface area (Å²) in [5.41, 5.74) is 4.52. The van der Waals surface area contributed by atoms with E-state index in [0.717, 1.165) is 22.3 Å². The lowest BCUT2D eigenvalue weighted by Crippen LogP contribution is -2.48. The van der Waals surface area contributed by atoms with E-state index in [2.05, 4.69) is 22.8 Å². The van der Waals surface area contributed by atoms with Crippen LogP contribution in [0.4, 0.5) is 4.79 Å². The minimum Gasteiger partial charge on any atom is -0.480 e. The predicted octanol–water partition coefficient (Wildman–Crippen LogP) is 2.86. The normalized spacial score (nSPS) is 13.0. The highest BCUT2D eigenvalue weighted by atomic mass is 32.2. The molecule has 3 rings (SSSR count). The average Bonchev–Trinajstić information content (AvgIpc) is 3.13. The van der Waals surface area contributed by atoms with Gasteiger partial charge in [-0.1, -0.05) is 48.5 Å². The molecule has 0 aromatic heterocycles. The van der Waals surface area contributed by atoms with Gasteiger partial charge in [-0.3, -0.25) is 4.79 Å². The Bertz CT molecular complexity index is 937. The molecule has 0 aliphatic heterocycles. The number of benzene rings is 2. The summed E-state index contributed by atoms with van der Waals surface area (Å²) < 4.78 is 10.5. The summed E-state index contributed by atoms with van der Waals surface area (Å²) in [5, 5.41) is 13.9. The second-order valence-electron chi connectivity index (χ2n) is 7.54. The molecule has 2 aromatic carbocycles. The zero-order chi connectivity index (χ0) is 23.6. The molecule has 33 heavy (non-hydrogen) atoms. The number of hydrogen-bond acceptors (Lipinski definition) is 6. The number of carboxylic acids is 1. The summed E-state index contributed by atoms with van der Waals surface area (Å²) in [5.74, 6) is -0.822. The largest absolute Gasteiger partial charge is 0.480 e. The fourth-order valence-corrected chi connectivity index (χ4v) is 4.29. The molecule has 2 amide bonds. The molecule has 9 heteroatoms. The number of fused-ring (bicyclic) bond motifs is 3. The van der Waals surface area contributed by atoms with Gasteiger partial charge < -0.3 is 25.2 Å². The fourth-order valence-electron chi connectivity index (χ4n) is 3.82. The van der Waals surface area contributed by atoms with E-state index in [9.17, 15) is 14.4 Å². The zero-order valence-electron chi connectivity index (χ0n) is 18.4. The molecule has 0 saturated carbocycles. The zero-order valence-corrected chi connectivity index (χ0v) is 19.2. The summed E-state index contributed by atoms with van der Waals surface area (Å²) in [7, 11) is 0. The number of thioether (sulfide) groups is 1. The number of rotatable bonds is 12. The molecular weight excluding hydrogens is 444 g/mol. The quantitative estimate of drug-likeness (QED) is 0.407. The van der Waals surface area contributed by atoms with E-state index >= 15 is 0 Å². The van der Waals surface area contributed by atoms with Crippen molar-refractivity contribution < 1.29 is 29.0 Å². The lowest BCUT2D eigenvalue weighted by molar-refractivity contribution is -0.142. The SMILES string of the molecule is CSCC[C@H](NC(=O)OCC1c2ccccc2-c2ccccc21)C(=O)NCCOCC(=O)O. The Morgan fingerprint density at radius 3 is 2.30 bits per heavy atom. The van der Waals surface area contributed by atoms with Gasteiger partial charge in [0.25, 0.3) is 0 Å². The van der Waals surface area contributed by atoms with Crippen LogP contribution < -0.4 is 10.6 Å². The van der Waals surface area contributed by atoms with Crippen molar-refractivity contribution in [1.82, 2.24) is 10.6 Å². The van der Waals surface area contributed by atoms with Crippen LogP contribution in [-0.4, -0.2) is 67.5 Å². The fraction of sp³-hybridized carbons (Fsp3) is 0.375. The number of amides is 2. The van der Waals surface area contributed by atoms with E-state index in [1.54, 1.807) is 11.8 Å². The van der Waals surface area contributed by atoms with Crippen LogP contribution in [0.2, 0.25) is 0 Å². The van der Waals surface area contributed by atoms with Crippen LogP contribution in [0.5, 0.6) is 0 Å². The standard InChI is InChI=1S/C24H28N2O6S/c1-33-13-10-21(23(29)25-11-12-31-15-22(27)28)26-24(30)32-14-20-18-8-4-2-6-16(18)17-7-3-5-9-19(17)20/h2-9,20-21H,10-15H2,1H3,(H,25,29)(H,26,30)(H,27,28)/t21-/m0/s1. The van der Waals surface area contributed by atoms with Crippen molar-refractivity contribution in [2.45, 2.75) is 18.4 Å². The number of carbonyl (C=O) groups is 3. The van der Waals surface area contributed by atoms with E-state index in [1.807, 2.05) is 42.7 Å². The highest BCUT2D eigenvalue weighted by Crippen LogP contribution is 2.44. The van der Waals surface area contributed by atoms with E-state index < -0.39 is 24.7 Å². The highest BCUT2D eigenvalue weighted by Gasteiger charge is 2.29. The molecule has 8 nitrogen and oxygen atoms in total. The first-order valence-corrected chi connectivity index (χ1v) is 12.1. The van der Waals surface area contributed by atoms with Crippen molar-refractivity contribution in [3.05, 3.63) is 59.7 Å². The van der Waals surface area contributed by atoms with Crippen molar-refractivity contribution in [2.75, 3.05) is 38.4 Å². The smallest absolute Gasteiger partial charge is 0.407 e. The van der Waals surface area contributed by atoms with Gasteiger partial charge in [0.2, 0.25) is 5.91 Å². The van der Waals surface area contributed by atoms with E-state index in [1.165, 1.54) is 0 Å². The van der Waals surface area contributed by atoms with Crippen LogP contribution in [0.25, 0.3) is 11.1 Å². The minimum absolute atomic E-state index is 0.0620. The number of carbonyl (C=O) groups excluding carboxylic acids is 2. The van der Waals surface area contributed by atoms with Crippen LogP contribution >= 0.6 is 11.8 Å². The minimum atomic E-state index is -1.07. The Kier molecular flexibility index (Phi) is 9.14. The van der Waals surface area contributed by atoms with E-state index in [-0.39, 0.29) is 31.6 Å². The first-order chi connectivity index (χ1) is 16.0. The second-order valence-corrected chi connectivity index (χ2v) is 8.53. The van der Waals surface area contributed by atoms with Gasteiger partial charge in [0.15, 0.2) is 0 Å². The van der Waals surface area contributed by atoms with Gasteiger partial charge in [-0.15, -0.1) is 0 Å². The number of nitrogens with one attached hydrogen (secondary N) is 2. The summed E-state index contributed by atoms with van der Waals surface area (Å²) in [4.78, 5) is 35.5. The molecule has 176 valence electrons. The number of hydrogen-bond donors (Lipinski definition) is 3. The third-order valence-corrected chi connectivity index (χ3v) is 5.98. The Morgan fingerprint density at radius 1 is 1.06 bits per heavy atom. The first kappa shape index (κ1) is 24.6. The van der Waals surface area contributed by atoms with Gasteiger partial charge in [0.1, 0.15) is 19.3 Å². The lowest BCUT2D eigenvalue weighted by Gasteiger charge is -2.19. The molecular formula is C24H28N2O6S. The number of ether oxygens (including phenoxy) is 2. The molecule has 1 atom stereocenters. The molecule has 0 radical (unpaired) electrons. The van der Waals surface area contributed by atoms with Crippen molar-refractivity contribution >= 4 is 29.7 Å². The van der Waals surface area contributed by atoms with Crippen LogP contribution in [-0.2, 0) is 19.1 Å². The topological polar surface area (TPSA) is 114 Å². The third kappa shape index (κ3) is 6.72. The van der Waals surface area contributed by atoms with Crippen LogP contribution in [0.3, 0.4) is 0 Å². The highest BCUT2D eigenvalue weighted by molar-refractivity contribution is 7.98. The van der Waals surface area contributed by atoms with Gasteiger partial charge in [0, 0.05) is 12.5 Å². The number of alkyl carbamates (subject to hydrolysis) is 1. The maximum atomic E-state index is 12.5. The lowest BCUT2D eigenvalue weighted by atomic mass is 9.98. The molecule has 0 saturated heterocycles. The van der Waals surface area contributed by atoms with Crippen molar-refractivity contribution in [3.63, 3.8) is 0 Å². The monoisotopic (exact) mass is 472 g/mol. The Balaban J connectivity index is 1.55. The van der Waals surface area contributed by atoms with E-state index in [4.69, 9.17) is 14.6 Å². The predicted molar refractivity (Wildman–Crippen MR) is 126 cm³/mol. The van der Waals surface area contributed by atoms with Gasteiger partial charge >= 0.3 is 12.1 Å². The second kappa shape index (κ2) is 12.3. The van der Waals surface area contributed by atoms with E-state index in [0.29, 0.717) is 12.2 Å². The van der Waals surface area contributed by atoms with Gasteiger partial charge in [-0.05, 0) is 40.7 Å². The molecule has 2 aromatic rings. The maximum Gasteiger partial charge on any atom is 0.407 e. The number of aliphatic carboxylic acids is 1. The third-order valence-electron chi connectivity index (χ3n) is 5.33. The van der Waals surface area contributed by atoms with Crippen molar-refractivity contribution in [3.8, 4) is 11.1 Å². The van der Waals surface area contributed by atoms with Crippen LogP contribution in [0.15, 0.2) is 48.5 Å². The average molecular weight is 473 g/mol. The van der Waals surface area contributed by atoms with Gasteiger partial charge in [0.05, 0.1) is 6.61 Å². The van der Waals surface area contributed by atoms with Crippen LogP contribution in [0.1, 0.15) is 23.5 Å². The Hall–Kier alpha value is -3.04. The molecule has 0 bridgehead atoms. The van der Waals surface area contributed by atoms with Crippen molar-refractivity contribution in [1.29, 1.82) is 0 Å². The molecule has 3 N–H and O–H groups in total. The molecule has 0 unspecified atom stereocenters. The molecule has 0 fully saturated rings. The summed E-state index contributed by atoms with van der Waals surface area (Å²) in [6, 6.07) is 15.4. The van der Waals surface area contributed by atoms with Gasteiger partial charge in [-0.2, -0.15) is 11.8 Å². The molecule has 0 heterocycles. The molecule has 1 aliphatic rings. The summed E-state index contributed by atoms with van der Waals surface area (Å²) in [6.07, 6.45) is 1.70. The maximum absolute atomic E-state index is 12.5. The molecule has 0 spiro atoms. The van der Waals surface area contributed by atoms with Crippen molar-refractivity contribution in [2.24, 2.45) is 0 Å². The Labute approximate surface area is 197 Å². The summed E-state index contributed by atoms with van der Waals surface area (Å²) in [6.45, 7) is -0.0456. The Morgan fingerprint density at radius 2 is 1.70 bits per heavy atom.